The summed E-state index contributed by atoms with van der Waals surface area (Å²) >= 11 is 0. The predicted octanol–water partition coefficient (Wildman–Crippen LogP) is 3.06. The van der Waals surface area contributed by atoms with Gasteiger partial charge in [0.25, 0.3) is 0 Å². The zero-order valence-electron chi connectivity index (χ0n) is 9.79. The molecule has 0 heterocycles. The lowest BCUT2D eigenvalue weighted by atomic mass is 10.1. The van der Waals surface area contributed by atoms with Crippen molar-refractivity contribution in [1.29, 1.82) is 0 Å². The zero-order chi connectivity index (χ0) is 12.0. The van der Waals surface area contributed by atoms with Crippen molar-refractivity contribution >= 4 is 0 Å². The molecule has 0 aliphatic heterocycles. The van der Waals surface area contributed by atoms with Gasteiger partial charge in [0.2, 0.25) is 0 Å². The van der Waals surface area contributed by atoms with Crippen LogP contribution in [-0.2, 0) is 0 Å². The fourth-order valence-electron chi connectivity index (χ4n) is 1.50. The molecular formula is C13H18FNO. The fourth-order valence-corrected chi connectivity index (χ4v) is 1.50. The van der Waals surface area contributed by atoms with Crippen LogP contribution in [0.3, 0.4) is 0 Å². The summed E-state index contributed by atoms with van der Waals surface area (Å²) in [5.74, 6) is 0.303. The molecule has 0 amide bonds. The maximum Gasteiger partial charge on any atom is 0.131 e. The Morgan fingerprint density at radius 2 is 2.31 bits per heavy atom. The number of hydrogen-bond donors (Lipinski definition) is 1. The maximum absolute atomic E-state index is 13.7. The highest BCUT2D eigenvalue weighted by Crippen LogP contribution is 2.21. The highest BCUT2D eigenvalue weighted by Gasteiger charge is 2.10. The first-order chi connectivity index (χ1) is 7.69. The molecule has 0 bridgehead atoms. The van der Waals surface area contributed by atoms with Gasteiger partial charge in [-0.25, -0.2) is 4.39 Å². The molecule has 3 heteroatoms. The van der Waals surface area contributed by atoms with Crippen molar-refractivity contribution in [1.82, 2.24) is 5.32 Å². The molecule has 1 aromatic carbocycles. The molecule has 0 saturated heterocycles. The van der Waals surface area contributed by atoms with E-state index in [-0.39, 0.29) is 11.9 Å². The quantitative estimate of drug-likeness (QED) is 0.591. The van der Waals surface area contributed by atoms with Crippen LogP contribution in [0.25, 0.3) is 0 Å². The van der Waals surface area contributed by atoms with Gasteiger partial charge in [0, 0.05) is 17.7 Å². The lowest BCUT2D eigenvalue weighted by Crippen LogP contribution is -2.20. The molecule has 0 aromatic heterocycles. The summed E-state index contributed by atoms with van der Waals surface area (Å²) in [5, 5.41) is 3.23. The average Bonchev–Trinajstić information content (AvgIpc) is 2.29. The first-order valence-corrected chi connectivity index (χ1v) is 5.36. The molecule has 0 fully saturated rings. The van der Waals surface area contributed by atoms with Crippen LogP contribution in [0.5, 0.6) is 5.75 Å². The van der Waals surface area contributed by atoms with Gasteiger partial charge >= 0.3 is 0 Å². The van der Waals surface area contributed by atoms with Crippen LogP contribution < -0.4 is 10.1 Å². The summed E-state index contributed by atoms with van der Waals surface area (Å²) in [4.78, 5) is 0. The minimum atomic E-state index is -0.238. The van der Waals surface area contributed by atoms with Gasteiger partial charge in [-0.15, -0.1) is 6.58 Å². The summed E-state index contributed by atoms with van der Waals surface area (Å²) < 4.78 is 18.6. The lowest BCUT2D eigenvalue weighted by molar-refractivity contribution is 0.409. The molecule has 1 atom stereocenters. The molecule has 1 rings (SSSR count). The van der Waals surface area contributed by atoms with Gasteiger partial charge in [-0.05, 0) is 26.0 Å². The summed E-state index contributed by atoms with van der Waals surface area (Å²) in [6, 6.07) is 4.91. The Hall–Kier alpha value is -1.35. The molecule has 0 saturated carbocycles. The monoisotopic (exact) mass is 223 g/mol. The summed E-state index contributed by atoms with van der Waals surface area (Å²) in [6.45, 7) is 6.38. The number of rotatable bonds is 6. The molecule has 88 valence electrons. The van der Waals surface area contributed by atoms with Crippen molar-refractivity contribution in [3.63, 3.8) is 0 Å². The van der Waals surface area contributed by atoms with Crippen LogP contribution >= 0.6 is 0 Å². The van der Waals surface area contributed by atoms with E-state index in [4.69, 9.17) is 4.74 Å². The van der Waals surface area contributed by atoms with E-state index in [1.54, 1.807) is 12.1 Å². The van der Waals surface area contributed by atoms with Crippen molar-refractivity contribution in [2.75, 3.05) is 13.7 Å². The Labute approximate surface area is 96.1 Å². The Morgan fingerprint density at radius 1 is 1.56 bits per heavy atom. The van der Waals surface area contributed by atoms with E-state index in [9.17, 15) is 4.39 Å². The van der Waals surface area contributed by atoms with Crippen molar-refractivity contribution in [3.8, 4) is 5.75 Å². The number of methoxy groups -OCH3 is 1. The van der Waals surface area contributed by atoms with E-state index in [1.165, 1.54) is 13.2 Å². The second-order valence-electron chi connectivity index (χ2n) is 3.64. The summed E-state index contributed by atoms with van der Waals surface area (Å²) in [6.07, 6.45) is 2.71. The average molecular weight is 223 g/mol. The second-order valence-corrected chi connectivity index (χ2v) is 3.64. The van der Waals surface area contributed by atoms with E-state index in [0.29, 0.717) is 11.3 Å². The number of ether oxygens (including phenoxy) is 1. The van der Waals surface area contributed by atoms with Gasteiger partial charge < -0.3 is 10.1 Å². The van der Waals surface area contributed by atoms with Crippen LogP contribution in [0.2, 0.25) is 0 Å². The Balaban J connectivity index is 2.67. The molecule has 0 radical (unpaired) electrons. The maximum atomic E-state index is 13.7. The topological polar surface area (TPSA) is 21.3 Å². The van der Waals surface area contributed by atoms with Crippen LogP contribution in [0.4, 0.5) is 4.39 Å². The highest BCUT2D eigenvalue weighted by molar-refractivity contribution is 5.30. The molecule has 16 heavy (non-hydrogen) atoms. The molecular weight excluding hydrogens is 205 g/mol. The highest BCUT2D eigenvalue weighted by atomic mass is 19.1. The van der Waals surface area contributed by atoms with E-state index in [1.807, 2.05) is 13.0 Å². The minimum Gasteiger partial charge on any atom is -0.497 e. The minimum absolute atomic E-state index is 0.00847. The van der Waals surface area contributed by atoms with Crippen molar-refractivity contribution in [2.45, 2.75) is 19.4 Å². The Kier molecular flexibility index (Phi) is 4.99. The molecule has 2 nitrogen and oxygen atoms in total. The van der Waals surface area contributed by atoms with Gasteiger partial charge in [-0.3, -0.25) is 0 Å². The standard InChI is InChI=1S/C13H18FNO/c1-4-5-8-15-10(2)12-7-6-11(16-3)9-13(12)14/h4,6-7,9-10,15H,1,5,8H2,2-3H3. The molecule has 1 unspecified atom stereocenters. The van der Waals surface area contributed by atoms with Crippen molar-refractivity contribution in [2.24, 2.45) is 0 Å². The third-order valence-corrected chi connectivity index (χ3v) is 2.47. The normalized spacial score (nSPS) is 12.2. The van der Waals surface area contributed by atoms with Crippen LogP contribution in [0.15, 0.2) is 30.9 Å². The zero-order valence-corrected chi connectivity index (χ0v) is 9.79. The summed E-state index contributed by atoms with van der Waals surface area (Å²) in [7, 11) is 1.53. The molecule has 0 spiro atoms. The van der Waals surface area contributed by atoms with Gasteiger partial charge in [0.05, 0.1) is 7.11 Å². The predicted molar refractivity (Wildman–Crippen MR) is 64.2 cm³/mol. The molecule has 1 N–H and O–H groups in total. The van der Waals surface area contributed by atoms with Crippen LogP contribution in [0, 0.1) is 5.82 Å². The first-order valence-electron chi connectivity index (χ1n) is 5.36. The molecule has 0 aliphatic carbocycles. The molecule has 0 aliphatic rings. The van der Waals surface area contributed by atoms with Gasteiger partial charge in [0.15, 0.2) is 0 Å². The first kappa shape index (κ1) is 12.7. The van der Waals surface area contributed by atoms with E-state index < -0.39 is 0 Å². The number of halogens is 1. The smallest absolute Gasteiger partial charge is 0.131 e. The number of benzene rings is 1. The van der Waals surface area contributed by atoms with Crippen LogP contribution in [-0.4, -0.2) is 13.7 Å². The Bertz CT molecular complexity index is 352. The van der Waals surface area contributed by atoms with Crippen molar-refractivity contribution in [3.05, 3.63) is 42.2 Å². The third-order valence-electron chi connectivity index (χ3n) is 2.47. The summed E-state index contributed by atoms with van der Waals surface area (Å²) in [5.41, 5.74) is 0.657. The SMILES string of the molecule is C=CCCNC(C)c1ccc(OC)cc1F. The van der Waals surface area contributed by atoms with Gasteiger partial charge in [0.1, 0.15) is 11.6 Å². The number of hydrogen-bond acceptors (Lipinski definition) is 2. The van der Waals surface area contributed by atoms with Crippen LogP contribution in [0.1, 0.15) is 24.9 Å². The fraction of sp³-hybridized carbons (Fsp3) is 0.385. The molecule has 1 aromatic rings. The van der Waals surface area contributed by atoms with E-state index >= 15 is 0 Å². The van der Waals surface area contributed by atoms with E-state index in [2.05, 4.69) is 11.9 Å². The van der Waals surface area contributed by atoms with Gasteiger partial charge in [-0.1, -0.05) is 12.1 Å². The van der Waals surface area contributed by atoms with Crippen molar-refractivity contribution < 1.29 is 9.13 Å². The Morgan fingerprint density at radius 3 is 2.88 bits per heavy atom. The van der Waals surface area contributed by atoms with E-state index in [0.717, 1.165) is 13.0 Å². The third kappa shape index (κ3) is 3.35. The largest absolute Gasteiger partial charge is 0.497 e. The number of nitrogens with one attached hydrogen (secondary N) is 1. The second kappa shape index (κ2) is 6.28. The lowest BCUT2D eigenvalue weighted by Gasteiger charge is -2.15. The van der Waals surface area contributed by atoms with Gasteiger partial charge in [-0.2, -0.15) is 0 Å².